The van der Waals surface area contributed by atoms with Gasteiger partial charge in [0, 0.05) is 70.8 Å². The molecule has 0 aromatic carbocycles. The summed E-state index contributed by atoms with van der Waals surface area (Å²) in [7, 11) is 1.87. The first-order valence-corrected chi connectivity index (χ1v) is 16.7. The summed E-state index contributed by atoms with van der Waals surface area (Å²) in [5.74, 6) is 2.02. The molecule has 4 aliphatic rings. The number of thiazole rings is 1. The standard InChI is InChI=1S/C32H38N10O2S/c1-21(41-11-5-23(6-12-41)30-33-17-25(45-30)29-34-20-39(2)38-29)18-40-13-9-32(19-40)10-14-42(31(32)43)26-4-3-24-28(35-26)27(37-36-24)22-7-15-44-16-8-22/h3-5,17,20,22H,1,6-16,18-19H2,2H3,(H,36,37)/t32-/m0/s1. The van der Waals surface area contributed by atoms with Crippen LogP contribution in [0.5, 0.6) is 0 Å². The molecule has 0 unspecified atom stereocenters. The molecule has 234 valence electrons. The van der Waals surface area contributed by atoms with Crippen LogP contribution in [0.3, 0.4) is 0 Å². The number of aryl methyl sites for hydroxylation is 1. The summed E-state index contributed by atoms with van der Waals surface area (Å²) in [6.45, 7) is 10.8. The number of anilines is 1. The zero-order valence-corrected chi connectivity index (χ0v) is 26.4. The summed E-state index contributed by atoms with van der Waals surface area (Å²) in [5.41, 5.74) is 4.83. The topological polar surface area (TPSA) is 121 Å². The Hall–Kier alpha value is -3.94. The lowest BCUT2D eigenvalue weighted by molar-refractivity contribution is -0.125. The molecule has 1 N–H and O–H groups in total. The zero-order valence-electron chi connectivity index (χ0n) is 25.6. The molecular formula is C32H38N10O2S. The average molecular weight is 627 g/mol. The molecule has 0 saturated carbocycles. The first kappa shape index (κ1) is 28.5. The van der Waals surface area contributed by atoms with Crippen molar-refractivity contribution in [3.05, 3.63) is 53.7 Å². The minimum Gasteiger partial charge on any atom is -0.381 e. The summed E-state index contributed by atoms with van der Waals surface area (Å²) < 4.78 is 7.27. The van der Waals surface area contributed by atoms with E-state index in [1.54, 1.807) is 22.3 Å². The van der Waals surface area contributed by atoms with Gasteiger partial charge in [-0.1, -0.05) is 12.7 Å². The molecule has 0 aliphatic carbocycles. The van der Waals surface area contributed by atoms with E-state index in [-0.39, 0.29) is 11.3 Å². The smallest absolute Gasteiger partial charge is 0.235 e. The number of rotatable bonds is 7. The highest BCUT2D eigenvalue weighted by atomic mass is 32.1. The van der Waals surface area contributed by atoms with Crippen molar-refractivity contribution in [2.75, 3.05) is 57.4 Å². The molecule has 1 atom stereocenters. The number of nitrogens with zero attached hydrogens (tertiary/aromatic N) is 9. The Labute approximate surface area is 265 Å². The molecule has 1 amide bonds. The van der Waals surface area contributed by atoms with Gasteiger partial charge in [0.15, 0.2) is 5.82 Å². The van der Waals surface area contributed by atoms with Crippen molar-refractivity contribution in [2.24, 2.45) is 12.5 Å². The van der Waals surface area contributed by atoms with Gasteiger partial charge < -0.3 is 9.64 Å². The molecule has 13 heteroatoms. The highest BCUT2D eigenvalue weighted by Crippen LogP contribution is 2.43. The number of amides is 1. The van der Waals surface area contributed by atoms with Gasteiger partial charge in [-0.25, -0.2) is 15.0 Å². The molecule has 1 spiro atoms. The third-order valence-electron chi connectivity index (χ3n) is 9.93. The summed E-state index contributed by atoms with van der Waals surface area (Å²) in [5, 5.41) is 13.2. The number of carbonyl (C=O) groups is 1. The van der Waals surface area contributed by atoms with Crippen LogP contribution in [0.15, 0.2) is 43.0 Å². The average Bonchev–Trinajstić information content (AvgIpc) is 3.91. The van der Waals surface area contributed by atoms with Crippen LogP contribution in [0.4, 0.5) is 5.82 Å². The van der Waals surface area contributed by atoms with E-state index in [0.29, 0.717) is 12.5 Å². The number of carbonyl (C=O) groups excluding carboxylic acids is 1. The predicted octanol–water partition coefficient (Wildman–Crippen LogP) is 3.84. The SMILES string of the molecule is C=C(CN1CC[C@]2(CCN(c3ccc4n[nH]c(C5CCOCC5)c4n3)C2=O)C1)N1CC=C(c2ncc(-c3ncn(C)n3)s2)CC1. The van der Waals surface area contributed by atoms with Gasteiger partial charge in [-0.3, -0.25) is 24.4 Å². The van der Waals surface area contributed by atoms with Crippen LogP contribution in [0, 0.1) is 5.41 Å². The van der Waals surface area contributed by atoms with Gasteiger partial charge in [-0.05, 0) is 56.4 Å². The molecule has 0 radical (unpaired) electrons. The Bertz CT molecular complexity index is 1780. The monoisotopic (exact) mass is 626 g/mol. The van der Waals surface area contributed by atoms with Crippen molar-refractivity contribution in [1.82, 2.24) is 44.7 Å². The molecule has 4 aromatic rings. The van der Waals surface area contributed by atoms with E-state index in [0.717, 1.165) is 122 Å². The highest BCUT2D eigenvalue weighted by Gasteiger charge is 2.51. The maximum Gasteiger partial charge on any atom is 0.235 e. The van der Waals surface area contributed by atoms with Crippen LogP contribution in [-0.4, -0.2) is 103 Å². The largest absolute Gasteiger partial charge is 0.381 e. The van der Waals surface area contributed by atoms with Crippen LogP contribution in [-0.2, 0) is 16.6 Å². The van der Waals surface area contributed by atoms with E-state index < -0.39 is 0 Å². The third-order valence-corrected chi connectivity index (χ3v) is 11.0. The number of likely N-dealkylation sites (tertiary alicyclic amines) is 1. The number of H-pyrrole nitrogens is 1. The van der Waals surface area contributed by atoms with Crippen molar-refractivity contribution < 1.29 is 9.53 Å². The Morgan fingerprint density at radius 2 is 2.04 bits per heavy atom. The molecule has 4 aromatic heterocycles. The lowest BCUT2D eigenvalue weighted by Gasteiger charge is -2.32. The summed E-state index contributed by atoms with van der Waals surface area (Å²) in [6, 6.07) is 3.94. The van der Waals surface area contributed by atoms with E-state index in [1.807, 2.05) is 30.3 Å². The van der Waals surface area contributed by atoms with Crippen molar-refractivity contribution in [3.63, 3.8) is 0 Å². The van der Waals surface area contributed by atoms with Crippen LogP contribution < -0.4 is 4.90 Å². The van der Waals surface area contributed by atoms with Gasteiger partial charge in [0.05, 0.1) is 16.0 Å². The fourth-order valence-corrected chi connectivity index (χ4v) is 8.24. The summed E-state index contributed by atoms with van der Waals surface area (Å²) in [4.78, 5) is 35.6. The predicted molar refractivity (Wildman–Crippen MR) is 173 cm³/mol. The van der Waals surface area contributed by atoms with E-state index in [2.05, 4.69) is 47.7 Å². The second-order valence-electron chi connectivity index (χ2n) is 12.8. The van der Waals surface area contributed by atoms with E-state index in [1.165, 1.54) is 5.57 Å². The molecule has 3 saturated heterocycles. The molecule has 4 aliphatic heterocycles. The first-order valence-electron chi connectivity index (χ1n) is 15.9. The van der Waals surface area contributed by atoms with Gasteiger partial charge >= 0.3 is 0 Å². The Balaban J connectivity index is 0.890. The molecule has 3 fully saturated rings. The minimum absolute atomic E-state index is 0.202. The van der Waals surface area contributed by atoms with Crippen molar-refractivity contribution in [2.45, 2.75) is 38.0 Å². The summed E-state index contributed by atoms with van der Waals surface area (Å²) >= 11 is 1.64. The van der Waals surface area contributed by atoms with Gasteiger partial charge in [-0.2, -0.15) is 10.2 Å². The third kappa shape index (κ3) is 5.26. The molecule has 8 heterocycles. The second-order valence-corrected chi connectivity index (χ2v) is 13.8. The Morgan fingerprint density at radius 3 is 2.84 bits per heavy atom. The van der Waals surface area contributed by atoms with E-state index >= 15 is 0 Å². The molecule has 0 bridgehead atoms. The lowest BCUT2D eigenvalue weighted by atomic mass is 9.85. The molecule has 45 heavy (non-hydrogen) atoms. The second kappa shape index (κ2) is 11.5. The van der Waals surface area contributed by atoms with Gasteiger partial charge in [0.25, 0.3) is 0 Å². The van der Waals surface area contributed by atoms with Gasteiger partial charge in [0.2, 0.25) is 5.91 Å². The number of fused-ring (bicyclic) bond motifs is 1. The quantitative estimate of drug-likeness (QED) is 0.326. The number of aromatic amines is 1. The normalized spacial score (nSPS) is 23.1. The van der Waals surface area contributed by atoms with Crippen LogP contribution in [0.2, 0.25) is 0 Å². The minimum atomic E-state index is -0.350. The summed E-state index contributed by atoms with van der Waals surface area (Å²) in [6.07, 6.45) is 10.4. The Morgan fingerprint density at radius 1 is 1.18 bits per heavy atom. The number of aromatic nitrogens is 7. The van der Waals surface area contributed by atoms with Crippen molar-refractivity contribution in [3.8, 4) is 10.7 Å². The van der Waals surface area contributed by atoms with Crippen LogP contribution >= 0.6 is 11.3 Å². The maximum atomic E-state index is 14.0. The van der Waals surface area contributed by atoms with Crippen LogP contribution in [0.25, 0.3) is 27.3 Å². The number of hydrogen-bond donors (Lipinski definition) is 1. The van der Waals surface area contributed by atoms with Crippen molar-refractivity contribution in [1.29, 1.82) is 0 Å². The van der Waals surface area contributed by atoms with Crippen molar-refractivity contribution >= 4 is 39.7 Å². The number of nitrogens with one attached hydrogen (secondary N) is 1. The number of ether oxygens (including phenoxy) is 1. The molecular weight excluding hydrogens is 588 g/mol. The molecule has 12 nitrogen and oxygen atoms in total. The fourth-order valence-electron chi connectivity index (χ4n) is 7.32. The van der Waals surface area contributed by atoms with E-state index in [9.17, 15) is 4.79 Å². The van der Waals surface area contributed by atoms with Gasteiger partial charge in [-0.15, -0.1) is 11.3 Å². The first-order chi connectivity index (χ1) is 22.0. The van der Waals surface area contributed by atoms with E-state index in [4.69, 9.17) is 9.72 Å². The van der Waals surface area contributed by atoms with Crippen LogP contribution in [0.1, 0.15) is 48.7 Å². The highest BCUT2D eigenvalue weighted by molar-refractivity contribution is 7.16. The molecule has 8 rings (SSSR count). The lowest BCUT2D eigenvalue weighted by Crippen LogP contribution is -2.39. The zero-order chi connectivity index (χ0) is 30.5. The Kier molecular flexibility index (Phi) is 7.26. The van der Waals surface area contributed by atoms with Gasteiger partial charge in [0.1, 0.15) is 28.2 Å². The number of pyridine rings is 1. The number of hydrogen-bond acceptors (Lipinski definition) is 10. The maximum absolute atomic E-state index is 14.0. The fraction of sp³-hybridized carbons (Fsp3) is 0.500.